The van der Waals surface area contributed by atoms with Gasteiger partial charge in [0.25, 0.3) is 0 Å². The number of nitrogens with zero attached hydrogens (tertiary/aromatic N) is 3. The molecule has 5 nitrogen and oxygen atoms in total. The summed E-state index contributed by atoms with van der Waals surface area (Å²) in [5.74, 6) is -0.255. The van der Waals surface area contributed by atoms with E-state index in [-0.39, 0.29) is 17.4 Å². The number of carbonyl (C=O) groups is 2. The molecule has 0 spiro atoms. The Bertz CT molecular complexity index is 1220. The summed E-state index contributed by atoms with van der Waals surface area (Å²) in [6.07, 6.45) is -8.65. The number of amides is 2. The van der Waals surface area contributed by atoms with Crippen LogP contribution in [0.2, 0.25) is 0 Å². The number of urea groups is 1. The third-order valence-electron chi connectivity index (χ3n) is 6.99. The number of likely N-dealkylation sites (N-methyl/N-ethyl adjacent to an activating group) is 1. The third-order valence-corrected chi connectivity index (χ3v) is 6.99. The Morgan fingerprint density at radius 3 is 2.13 bits per heavy atom. The van der Waals surface area contributed by atoms with Gasteiger partial charge in [-0.05, 0) is 54.7 Å². The molecule has 2 aromatic carbocycles. The Hall–Kier alpha value is -3.50. The fourth-order valence-electron chi connectivity index (χ4n) is 5.23. The quantitative estimate of drug-likeness (QED) is 0.432. The fourth-order valence-corrected chi connectivity index (χ4v) is 5.23. The minimum Gasteiger partial charge on any atom is -0.372 e. The molecule has 0 radical (unpaired) electrons. The van der Waals surface area contributed by atoms with Gasteiger partial charge in [-0.3, -0.25) is 4.79 Å². The molecule has 2 unspecified atom stereocenters. The summed E-state index contributed by atoms with van der Waals surface area (Å²) in [7, 11) is 3.11. The first kappa shape index (κ1) is 27.5. The topological polar surface area (TPSA) is 43.9 Å². The van der Waals surface area contributed by atoms with Gasteiger partial charge < -0.3 is 14.7 Å². The minimum atomic E-state index is -5.00. The minimum absolute atomic E-state index is 0.0513. The molecule has 0 saturated heterocycles. The number of halogens is 6. The highest BCUT2D eigenvalue weighted by molar-refractivity contribution is 6.03. The van der Waals surface area contributed by atoms with Gasteiger partial charge >= 0.3 is 18.4 Å². The first-order chi connectivity index (χ1) is 17.7. The van der Waals surface area contributed by atoms with E-state index in [1.54, 1.807) is 19.1 Å². The van der Waals surface area contributed by atoms with Crippen molar-refractivity contribution < 1.29 is 35.9 Å². The summed E-state index contributed by atoms with van der Waals surface area (Å²) in [5.41, 5.74) is -1.15. The van der Waals surface area contributed by atoms with E-state index in [1.807, 2.05) is 30.1 Å². The van der Waals surface area contributed by atoms with Crippen LogP contribution >= 0.6 is 0 Å². The van der Waals surface area contributed by atoms with E-state index in [9.17, 15) is 35.9 Å². The Morgan fingerprint density at radius 2 is 1.58 bits per heavy atom. The summed E-state index contributed by atoms with van der Waals surface area (Å²) in [6.45, 7) is 1.75. The van der Waals surface area contributed by atoms with Crippen LogP contribution in [0.5, 0.6) is 0 Å². The smallest absolute Gasteiger partial charge is 0.372 e. The zero-order chi connectivity index (χ0) is 28.0. The van der Waals surface area contributed by atoms with E-state index in [1.165, 1.54) is 11.9 Å². The van der Waals surface area contributed by atoms with Crippen molar-refractivity contribution >= 4 is 11.8 Å². The molecule has 0 N–H and O–H groups in total. The number of rotatable bonds is 3. The van der Waals surface area contributed by atoms with Crippen LogP contribution in [0, 0.1) is 0 Å². The van der Waals surface area contributed by atoms with Crippen LogP contribution < -0.4 is 0 Å². The highest BCUT2D eigenvalue weighted by atomic mass is 19.4. The van der Waals surface area contributed by atoms with E-state index in [2.05, 4.69) is 0 Å². The lowest BCUT2D eigenvalue weighted by Crippen LogP contribution is -2.56. The van der Waals surface area contributed by atoms with Crippen molar-refractivity contribution in [1.29, 1.82) is 0 Å². The Labute approximate surface area is 216 Å². The number of Topliss-reactive ketones (excluding diaryl/α,β-unsaturated/α-hetero) is 1. The van der Waals surface area contributed by atoms with Crippen LogP contribution in [0.15, 0.2) is 59.8 Å². The van der Waals surface area contributed by atoms with Crippen molar-refractivity contribution in [2.24, 2.45) is 0 Å². The maximum atomic E-state index is 13.8. The van der Waals surface area contributed by atoms with Crippen molar-refractivity contribution in [3.63, 3.8) is 0 Å². The second kappa shape index (κ2) is 9.99. The molecular formula is C27H27F6N3O2. The summed E-state index contributed by atoms with van der Waals surface area (Å²) in [5, 5.41) is 0. The van der Waals surface area contributed by atoms with Gasteiger partial charge in [0, 0.05) is 27.2 Å². The lowest BCUT2D eigenvalue weighted by atomic mass is 9.83. The van der Waals surface area contributed by atoms with E-state index >= 15 is 0 Å². The normalized spacial score (nSPS) is 20.5. The number of carbonyl (C=O) groups excluding carboxylic acids is 2. The summed E-state index contributed by atoms with van der Waals surface area (Å²) in [4.78, 5) is 31.5. The van der Waals surface area contributed by atoms with Crippen LogP contribution in [0.4, 0.5) is 31.1 Å². The van der Waals surface area contributed by atoms with Gasteiger partial charge in [0.05, 0.1) is 28.9 Å². The lowest BCUT2D eigenvalue weighted by molar-refractivity contribution is -0.143. The molecule has 0 bridgehead atoms. The number of hydrogen-bond acceptors (Lipinski definition) is 3. The van der Waals surface area contributed by atoms with E-state index in [0.717, 1.165) is 22.5 Å². The predicted molar refractivity (Wildman–Crippen MR) is 128 cm³/mol. The molecular weight excluding hydrogens is 512 g/mol. The monoisotopic (exact) mass is 539 g/mol. The van der Waals surface area contributed by atoms with Gasteiger partial charge in [0.15, 0.2) is 0 Å². The van der Waals surface area contributed by atoms with E-state index < -0.39 is 48.1 Å². The molecule has 0 saturated carbocycles. The largest absolute Gasteiger partial charge is 0.416 e. The van der Waals surface area contributed by atoms with Crippen molar-refractivity contribution in [1.82, 2.24) is 14.7 Å². The third kappa shape index (κ3) is 5.23. The van der Waals surface area contributed by atoms with Crippen molar-refractivity contribution in [3.8, 4) is 0 Å². The van der Waals surface area contributed by atoms with Crippen LogP contribution in [-0.2, 0) is 23.7 Å². The molecule has 2 aromatic rings. The van der Waals surface area contributed by atoms with Gasteiger partial charge in [-0.2, -0.15) is 26.3 Å². The Kier molecular flexibility index (Phi) is 7.24. The van der Waals surface area contributed by atoms with Crippen LogP contribution in [0.25, 0.3) is 0 Å². The molecule has 38 heavy (non-hydrogen) atoms. The Balaban J connectivity index is 1.73. The van der Waals surface area contributed by atoms with Crippen molar-refractivity contribution in [2.75, 3.05) is 20.6 Å². The summed E-state index contributed by atoms with van der Waals surface area (Å²) in [6, 6.07) is 8.15. The lowest BCUT2D eigenvalue weighted by Gasteiger charge is -2.47. The second-order valence-electron chi connectivity index (χ2n) is 9.71. The fraction of sp³-hybridized carbons (Fsp3) is 0.407. The molecule has 0 fully saturated rings. The van der Waals surface area contributed by atoms with Gasteiger partial charge in [0.2, 0.25) is 5.78 Å². The average molecular weight is 540 g/mol. The van der Waals surface area contributed by atoms with Gasteiger partial charge in [-0.25, -0.2) is 4.79 Å². The number of hydrogen-bond donors (Lipinski definition) is 0. The number of alkyl halides is 6. The first-order valence-electron chi connectivity index (χ1n) is 12.0. The van der Waals surface area contributed by atoms with Crippen molar-refractivity contribution in [3.05, 3.63) is 82.1 Å². The maximum absolute atomic E-state index is 13.8. The number of benzene rings is 2. The van der Waals surface area contributed by atoms with Crippen LogP contribution in [-0.4, -0.2) is 53.2 Å². The molecule has 2 heterocycles. The molecule has 0 aliphatic carbocycles. The molecule has 2 aliphatic rings. The van der Waals surface area contributed by atoms with Gasteiger partial charge in [0.1, 0.15) is 0 Å². The van der Waals surface area contributed by atoms with Gasteiger partial charge in [-0.1, -0.05) is 30.3 Å². The first-order valence-corrected chi connectivity index (χ1v) is 12.0. The standard InChI is InChI=1S/C27H27F6N3O2/c1-16-24(37)23-21(10-7-11-34(23)2)22(18-8-5-4-6-9-18)36(16)25(38)35(3)15-17-12-19(26(28,29)30)14-20(13-17)27(31,32)33/h4-6,8-9,12-14,16,22H,7,10-11,15H2,1-3H3. The SMILES string of the molecule is CC1C(=O)C2=C(CCCN2C)C(c2ccccc2)N1C(=O)N(C)Cc1cc(C(F)(F)F)cc(C(F)(F)F)c1. The molecule has 2 atom stereocenters. The summed E-state index contributed by atoms with van der Waals surface area (Å²) >= 11 is 0. The molecule has 11 heteroatoms. The zero-order valence-corrected chi connectivity index (χ0v) is 21.0. The highest BCUT2D eigenvalue weighted by Crippen LogP contribution is 2.43. The van der Waals surface area contributed by atoms with Crippen LogP contribution in [0.1, 0.15) is 48.1 Å². The maximum Gasteiger partial charge on any atom is 0.416 e. The molecule has 204 valence electrons. The van der Waals surface area contributed by atoms with Gasteiger partial charge in [-0.15, -0.1) is 0 Å². The average Bonchev–Trinajstić information content (AvgIpc) is 2.84. The second-order valence-corrected chi connectivity index (χ2v) is 9.71. The molecule has 0 aromatic heterocycles. The Morgan fingerprint density at radius 1 is 1.00 bits per heavy atom. The molecule has 4 rings (SSSR count). The van der Waals surface area contributed by atoms with E-state index in [0.29, 0.717) is 30.8 Å². The van der Waals surface area contributed by atoms with E-state index in [4.69, 9.17) is 0 Å². The molecule has 2 aliphatic heterocycles. The van der Waals surface area contributed by atoms with Crippen molar-refractivity contribution in [2.45, 2.75) is 50.7 Å². The van der Waals surface area contributed by atoms with Crippen LogP contribution in [0.3, 0.4) is 0 Å². The predicted octanol–water partition coefficient (Wildman–Crippen LogP) is 6.27. The highest BCUT2D eigenvalue weighted by Gasteiger charge is 2.45. The number of ketones is 1. The summed E-state index contributed by atoms with van der Waals surface area (Å²) < 4.78 is 80.1. The molecule has 2 amide bonds. The zero-order valence-electron chi connectivity index (χ0n) is 21.0.